The van der Waals surface area contributed by atoms with Gasteiger partial charge in [0.1, 0.15) is 7.85 Å². The average molecular weight is 269 g/mol. The molecule has 6 heteroatoms. The Hall–Kier alpha value is -1.72. The van der Waals surface area contributed by atoms with Gasteiger partial charge in [-0.25, -0.2) is 0 Å². The summed E-state index contributed by atoms with van der Waals surface area (Å²) in [6.45, 7) is 4.84. The molecule has 0 aliphatic carbocycles. The van der Waals surface area contributed by atoms with Crippen molar-refractivity contribution in [3.05, 3.63) is 42.5 Å². The third-order valence-corrected chi connectivity index (χ3v) is 2.94. The van der Waals surface area contributed by atoms with Gasteiger partial charge in [-0.1, -0.05) is 35.8 Å². The molecule has 1 aromatic carbocycles. The standard InChI is InChI=1S/C13H15BF3NO/c1-3-8-18(12(19)13(15,16)17)9(2)10-6-4-5-7-11(10)14/h3-7,9H,1,8,14H2,2H3. The van der Waals surface area contributed by atoms with E-state index in [-0.39, 0.29) is 6.54 Å². The Morgan fingerprint density at radius 1 is 1.47 bits per heavy atom. The Morgan fingerprint density at radius 3 is 2.53 bits per heavy atom. The van der Waals surface area contributed by atoms with Crippen LogP contribution in [0.15, 0.2) is 36.9 Å². The van der Waals surface area contributed by atoms with E-state index in [1.54, 1.807) is 39.0 Å². The smallest absolute Gasteiger partial charge is 0.324 e. The summed E-state index contributed by atoms with van der Waals surface area (Å²) in [4.78, 5) is 12.2. The van der Waals surface area contributed by atoms with E-state index in [1.165, 1.54) is 6.08 Å². The third kappa shape index (κ3) is 3.62. The van der Waals surface area contributed by atoms with Crippen LogP contribution < -0.4 is 5.46 Å². The first-order valence-electron chi connectivity index (χ1n) is 5.83. The predicted octanol–water partition coefficient (Wildman–Crippen LogP) is 1.58. The normalized spacial score (nSPS) is 12.8. The van der Waals surface area contributed by atoms with Crippen molar-refractivity contribution in [3.8, 4) is 0 Å². The van der Waals surface area contributed by atoms with Crippen molar-refractivity contribution in [1.29, 1.82) is 0 Å². The summed E-state index contributed by atoms with van der Waals surface area (Å²) in [6.07, 6.45) is -3.58. The quantitative estimate of drug-likeness (QED) is 0.600. The summed E-state index contributed by atoms with van der Waals surface area (Å²) >= 11 is 0. The maximum atomic E-state index is 12.6. The largest absolute Gasteiger partial charge is 0.471 e. The van der Waals surface area contributed by atoms with Crippen LogP contribution in [0.4, 0.5) is 13.2 Å². The lowest BCUT2D eigenvalue weighted by molar-refractivity contribution is -0.187. The fraction of sp³-hybridized carbons (Fsp3) is 0.308. The maximum absolute atomic E-state index is 12.6. The number of alkyl halides is 3. The van der Waals surface area contributed by atoms with Crippen LogP contribution in [0.3, 0.4) is 0 Å². The van der Waals surface area contributed by atoms with Gasteiger partial charge in [0.2, 0.25) is 0 Å². The highest BCUT2D eigenvalue weighted by molar-refractivity contribution is 6.33. The monoisotopic (exact) mass is 269 g/mol. The molecule has 0 heterocycles. The molecule has 0 aromatic heterocycles. The summed E-state index contributed by atoms with van der Waals surface area (Å²) < 4.78 is 37.7. The van der Waals surface area contributed by atoms with Crippen LogP contribution in [-0.2, 0) is 4.79 Å². The Balaban J connectivity index is 3.10. The molecule has 2 nitrogen and oxygen atoms in total. The van der Waals surface area contributed by atoms with Crippen molar-refractivity contribution in [2.45, 2.75) is 19.1 Å². The maximum Gasteiger partial charge on any atom is 0.471 e. The minimum atomic E-state index is -4.88. The lowest BCUT2D eigenvalue weighted by Gasteiger charge is -2.30. The molecule has 0 saturated carbocycles. The lowest BCUT2D eigenvalue weighted by Crippen LogP contribution is -2.43. The van der Waals surface area contributed by atoms with E-state index < -0.39 is 18.1 Å². The molecule has 0 saturated heterocycles. The van der Waals surface area contributed by atoms with E-state index in [0.717, 1.165) is 10.4 Å². The minimum absolute atomic E-state index is 0.145. The van der Waals surface area contributed by atoms with Gasteiger partial charge >= 0.3 is 12.1 Å². The van der Waals surface area contributed by atoms with Crippen molar-refractivity contribution in [2.24, 2.45) is 0 Å². The van der Waals surface area contributed by atoms with Gasteiger partial charge in [0.05, 0.1) is 6.04 Å². The molecule has 0 radical (unpaired) electrons. The molecule has 102 valence electrons. The first-order valence-corrected chi connectivity index (χ1v) is 5.83. The number of hydrogen-bond acceptors (Lipinski definition) is 1. The second kappa shape index (κ2) is 5.95. The molecule has 0 spiro atoms. The van der Waals surface area contributed by atoms with Crippen molar-refractivity contribution in [2.75, 3.05) is 6.54 Å². The number of amides is 1. The van der Waals surface area contributed by atoms with E-state index in [4.69, 9.17) is 0 Å². The number of carbonyl (C=O) groups is 1. The van der Waals surface area contributed by atoms with Gasteiger partial charge in [-0.05, 0) is 12.5 Å². The summed E-state index contributed by atoms with van der Waals surface area (Å²) in [5.41, 5.74) is 1.54. The van der Waals surface area contributed by atoms with E-state index >= 15 is 0 Å². The number of rotatable bonds is 4. The molecule has 1 rings (SSSR count). The summed E-state index contributed by atoms with van der Waals surface area (Å²) in [7, 11) is 1.80. The summed E-state index contributed by atoms with van der Waals surface area (Å²) in [5, 5.41) is 0. The van der Waals surface area contributed by atoms with Crippen molar-refractivity contribution in [1.82, 2.24) is 4.90 Å². The number of hydrogen-bond donors (Lipinski definition) is 0. The minimum Gasteiger partial charge on any atom is -0.324 e. The van der Waals surface area contributed by atoms with Gasteiger partial charge in [0.25, 0.3) is 0 Å². The molecular weight excluding hydrogens is 254 g/mol. The van der Waals surface area contributed by atoms with Crippen LogP contribution in [0.2, 0.25) is 0 Å². The molecule has 19 heavy (non-hydrogen) atoms. The van der Waals surface area contributed by atoms with Crippen LogP contribution >= 0.6 is 0 Å². The predicted molar refractivity (Wildman–Crippen MR) is 71.0 cm³/mol. The van der Waals surface area contributed by atoms with Gasteiger partial charge < -0.3 is 4.90 Å². The Morgan fingerprint density at radius 2 is 2.05 bits per heavy atom. The van der Waals surface area contributed by atoms with Gasteiger partial charge in [-0.3, -0.25) is 4.79 Å². The van der Waals surface area contributed by atoms with Crippen LogP contribution in [0.1, 0.15) is 18.5 Å². The SMILES string of the molecule is Bc1ccccc1C(C)N(CC=C)C(=O)C(F)(F)F. The van der Waals surface area contributed by atoms with Crippen LogP contribution in [-0.4, -0.2) is 31.4 Å². The second-order valence-electron chi connectivity index (χ2n) is 4.28. The van der Waals surface area contributed by atoms with E-state index in [1.807, 2.05) is 0 Å². The Bertz CT molecular complexity index is 473. The molecule has 1 aromatic rings. The molecule has 1 amide bonds. The zero-order valence-electron chi connectivity index (χ0n) is 10.9. The van der Waals surface area contributed by atoms with Crippen molar-refractivity contribution >= 4 is 19.2 Å². The molecule has 1 atom stereocenters. The van der Waals surface area contributed by atoms with E-state index in [0.29, 0.717) is 5.56 Å². The lowest BCUT2D eigenvalue weighted by atomic mass is 9.87. The summed E-state index contributed by atoms with van der Waals surface area (Å²) in [6, 6.07) is 6.40. The topological polar surface area (TPSA) is 20.3 Å². The molecule has 1 unspecified atom stereocenters. The van der Waals surface area contributed by atoms with Crippen molar-refractivity contribution in [3.63, 3.8) is 0 Å². The zero-order valence-corrected chi connectivity index (χ0v) is 10.9. The summed E-state index contributed by atoms with van der Waals surface area (Å²) in [5.74, 6) is -1.84. The van der Waals surface area contributed by atoms with Crippen LogP contribution in [0.25, 0.3) is 0 Å². The van der Waals surface area contributed by atoms with Crippen LogP contribution in [0, 0.1) is 0 Å². The average Bonchev–Trinajstić information content (AvgIpc) is 2.34. The third-order valence-electron chi connectivity index (χ3n) is 2.94. The zero-order chi connectivity index (χ0) is 14.6. The number of benzene rings is 1. The van der Waals surface area contributed by atoms with Gasteiger partial charge in [-0.15, -0.1) is 6.58 Å². The highest BCUT2D eigenvalue weighted by Gasteiger charge is 2.43. The highest BCUT2D eigenvalue weighted by atomic mass is 19.4. The molecule has 0 N–H and O–H groups in total. The molecule has 0 aliphatic heterocycles. The van der Waals surface area contributed by atoms with E-state index in [2.05, 4.69) is 6.58 Å². The molecule has 0 fully saturated rings. The first-order chi connectivity index (χ1) is 8.79. The first kappa shape index (κ1) is 15.3. The van der Waals surface area contributed by atoms with Gasteiger partial charge in [0, 0.05) is 6.54 Å². The fourth-order valence-electron chi connectivity index (χ4n) is 1.94. The second-order valence-corrected chi connectivity index (χ2v) is 4.28. The van der Waals surface area contributed by atoms with Gasteiger partial charge in [-0.2, -0.15) is 13.2 Å². The van der Waals surface area contributed by atoms with Crippen molar-refractivity contribution < 1.29 is 18.0 Å². The molecule has 0 aliphatic rings. The number of nitrogens with zero attached hydrogens (tertiary/aromatic N) is 1. The fourth-order valence-corrected chi connectivity index (χ4v) is 1.94. The van der Waals surface area contributed by atoms with E-state index in [9.17, 15) is 18.0 Å². The highest BCUT2D eigenvalue weighted by Crippen LogP contribution is 2.25. The Labute approximate surface area is 111 Å². The number of carbonyl (C=O) groups excluding carboxylic acids is 1. The molecular formula is C13H15BF3NO. The molecule has 0 bridgehead atoms. The van der Waals surface area contributed by atoms with Gasteiger partial charge in [0.15, 0.2) is 0 Å². The Kier molecular flexibility index (Phi) is 4.81. The number of halogens is 3. The van der Waals surface area contributed by atoms with Crippen LogP contribution in [0.5, 0.6) is 0 Å².